The molecule has 0 aromatic carbocycles. The van der Waals surface area contributed by atoms with Crippen molar-refractivity contribution in [3.05, 3.63) is 65.2 Å². The van der Waals surface area contributed by atoms with E-state index in [1.54, 1.807) is 29.4 Å². The van der Waals surface area contributed by atoms with Crippen LogP contribution in [0.4, 0.5) is 0 Å². The summed E-state index contributed by atoms with van der Waals surface area (Å²) < 4.78 is 3.76. The van der Waals surface area contributed by atoms with Crippen LogP contribution >= 0.6 is 0 Å². The highest BCUT2D eigenvalue weighted by atomic mass is 16.1. The van der Waals surface area contributed by atoms with Crippen LogP contribution in [0.2, 0.25) is 0 Å². The monoisotopic (exact) mass is 378 g/mol. The van der Waals surface area contributed by atoms with Gasteiger partial charge in [0.2, 0.25) is 0 Å². The van der Waals surface area contributed by atoms with Crippen molar-refractivity contribution in [3.8, 4) is 11.3 Å². The largest absolute Gasteiger partial charge is 0.301 e. The third-order valence-electron chi connectivity index (χ3n) is 5.43. The van der Waals surface area contributed by atoms with Gasteiger partial charge in [0.05, 0.1) is 24.8 Å². The fourth-order valence-electron chi connectivity index (χ4n) is 3.75. The van der Waals surface area contributed by atoms with E-state index in [0.717, 1.165) is 51.1 Å². The van der Waals surface area contributed by atoms with Crippen LogP contribution in [-0.2, 0) is 13.1 Å². The molecular formula is C21H26N6O. The summed E-state index contributed by atoms with van der Waals surface area (Å²) in [6, 6.07) is 5.36. The third kappa shape index (κ3) is 4.54. The smallest absolute Gasteiger partial charge is 0.253 e. The lowest BCUT2D eigenvalue weighted by Crippen LogP contribution is -2.38. The summed E-state index contributed by atoms with van der Waals surface area (Å²) in [5, 5.41) is 4.35. The van der Waals surface area contributed by atoms with Gasteiger partial charge < -0.3 is 4.90 Å². The number of piperidine rings is 1. The summed E-state index contributed by atoms with van der Waals surface area (Å²) in [6.45, 7) is 6.91. The zero-order valence-electron chi connectivity index (χ0n) is 16.2. The molecule has 1 saturated heterocycles. The number of rotatable bonds is 6. The number of aryl methyl sites for hydroxylation is 1. The molecule has 4 heterocycles. The predicted molar refractivity (Wildman–Crippen MR) is 108 cm³/mol. The summed E-state index contributed by atoms with van der Waals surface area (Å²) in [5.41, 5.74) is 2.83. The van der Waals surface area contributed by atoms with Crippen molar-refractivity contribution in [1.82, 2.24) is 29.2 Å². The highest BCUT2D eigenvalue weighted by molar-refractivity contribution is 5.57. The van der Waals surface area contributed by atoms with Gasteiger partial charge in [0.1, 0.15) is 0 Å². The Bertz CT molecular complexity index is 956. The average Bonchev–Trinajstić information content (AvgIpc) is 3.15. The maximum atomic E-state index is 12.5. The molecule has 0 aliphatic carbocycles. The average molecular weight is 378 g/mol. The first-order chi connectivity index (χ1) is 13.7. The van der Waals surface area contributed by atoms with Crippen molar-refractivity contribution in [2.75, 3.05) is 19.6 Å². The molecule has 0 N–H and O–H groups in total. The summed E-state index contributed by atoms with van der Waals surface area (Å²) in [7, 11) is 0. The zero-order valence-corrected chi connectivity index (χ0v) is 16.2. The van der Waals surface area contributed by atoms with Crippen molar-refractivity contribution in [2.45, 2.75) is 32.9 Å². The molecule has 0 saturated carbocycles. The summed E-state index contributed by atoms with van der Waals surface area (Å²) in [6.07, 6.45) is 11.3. The second-order valence-electron chi connectivity index (χ2n) is 7.57. The van der Waals surface area contributed by atoms with Crippen LogP contribution < -0.4 is 5.56 Å². The van der Waals surface area contributed by atoms with Crippen molar-refractivity contribution in [1.29, 1.82) is 0 Å². The molecule has 146 valence electrons. The van der Waals surface area contributed by atoms with Gasteiger partial charge in [-0.25, -0.2) is 4.98 Å². The number of aromatic nitrogens is 5. The van der Waals surface area contributed by atoms with Gasteiger partial charge in [-0.15, -0.1) is 0 Å². The van der Waals surface area contributed by atoms with Crippen molar-refractivity contribution >= 4 is 0 Å². The Hall–Kier alpha value is -2.80. The van der Waals surface area contributed by atoms with Gasteiger partial charge in [0, 0.05) is 43.3 Å². The fraction of sp³-hybridized carbons (Fsp3) is 0.429. The minimum absolute atomic E-state index is 0.0123. The molecule has 0 radical (unpaired) electrons. The first kappa shape index (κ1) is 18.6. The van der Waals surface area contributed by atoms with Gasteiger partial charge >= 0.3 is 0 Å². The molecular weight excluding hydrogens is 352 g/mol. The number of nitrogens with zero attached hydrogens (tertiary/aromatic N) is 6. The van der Waals surface area contributed by atoms with Crippen molar-refractivity contribution < 1.29 is 0 Å². The highest BCUT2D eigenvalue weighted by Crippen LogP contribution is 2.19. The van der Waals surface area contributed by atoms with E-state index in [4.69, 9.17) is 0 Å². The lowest BCUT2D eigenvalue weighted by Gasteiger charge is -2.32. The Kier molecular flexibility index (Phi) is 5.62. The van der Waals surface area contributed by atoms with E-state index in [-0.39, 0.29) is 5.56 Å². The van der Waals surface area contributed by atoms with E-state index < -0.39 is 0 Å². The second kappa shape index (κ2) is 8.48. The Balaban J connectivity index is 1.29. The van der Waals surface area contributed by atoms with Gasteiger partial charge in [-0.3, -0.25) is 19.0 Å². The molecule has 0 spiro atoms. The van der Waals surface area contributed by atoms with E-state index in [0.29, 0.717) is 11.6 Å². The number of likely N-dealkylation sites (tertiary alicyclic amines) is 1. The number of hydrogen-bond donors (Lipinski definition) is 0. The molecule has 0 amide bonds. The normalized spacial score (nSPS) is 15.8. The molecule has 28 heavy (non-hydrogen) atoms. The molecule has 7 heteroatoms. The van der Waals surface area contributed by atoms with E-state index >= 15 is 0 Å². The second-order valence-corrected chi connectivity index (χ2v) is 7.57. The van der Waals surface area contributed by atoms with Gasteiger partial charge in [-0.1, -0.05) is 0 Å². The maximum Gasteiger partial charge on any atom is 0.253 e. The van der Waals surface area contributed by atoms with E-state index in [9.17, 15) is 4.79 Å². The first-order valence-electron chi connectivity index (χ1n) is 9.86. The highest BCUT2D eigenvalue weighted by Gasteiger charge is 2.20. The fourth-order valence-corrected chi connectivity index (χ4v) is 3.75. The molecule has 1 aliphatic heterocycles. The van der Waals surface area contributed by atoms with Gasteiger partial charge in [-0.05, 0) is 56.5 Å². The van der Waals surface area contributed by atoms with Crippen LogP contribution in [0.1, 0.15) is 18.4 Å². The first-order valence-corrected chi connectivity index (χ1v) is 9.86. The van der Waals surface area contributed by atoms with Crippen LogP contribution in [0.3, 0.4) is 0 Å². The van der Waals surface area contributed by atoms with Crippen molar-refractivity contribution in [3.63, 3.8) is 0 Å². The molecule has 3 aromatic rings. The minimum atomic E-state index is 0.0123. The Morgan fingerprint density at radius 3 is 2.61 bits per heavy atom. The number of pyridine rings is 1. The van der Waals surface area contributed by atoms with E-state index in [1.807, 2.05) is 23.0 Å². The summed E-state index contributed by atoms with van der Waals surface area (Å²) in [4.78, 5) is 23.5. The van der Waals surface area contributed by atoms with Crippen molar-refractivity contribution in [2.24, 2.45) is 5.92 Å². The van der Waals surface area contributed by atoms with E-state index in [1.165, 1.54) is 5.56 Å². The molecule has 1 fully saturated rings. The molecule has 1 aliphatic rings. The lowest BCUT2D eigenvalue weighted by molar-refractivity contribution is 0.166. The van der Waals surface area contributed by atoms with Gasteiger partial charge in [-0.2, -0.15) is 5.10 Å². The van der Waals surface area contributed by atoms with Crippen LogP contribution in [0.25, 0.3) is 11.3 Å². The molecule has 4 rings (SSSR count). The maximum absolute atomic E-state index is 12.5. The standard InChI is InChI=1S/C21H26N6O/c1-17-13-24-27(14-17)11-10-25-8-4-18(5-9-25)15-26-16-23-20(12-21(26)28)19-2-6-22-7-3-19/h2-3,6-7,12-14,16,18H,4-5,8-11,15H2,1H3. The molecule has 3 aromatic heterocycles. The SMILES string of the molecule is Cc1cnn(CCN2CCC(Cn3cnc(-c4ccncc4)cc3=O)CC2)c1. The molecule has 7 nitrogen and oxygen atoms in total. The molecule has 0 unspecified atom stereocenters. The minimum Gasteiger partial charge on any atom is -0.301 e. The van der Waals surface area contributed by atoms with Crippen LogP contribution in [-0.4, -0.2) is 48.8 Å². The van der Waals surface area contributed by atoms with Gasteiger partial charge in [0.25, 0.3) is 5.56 Å². The predicted octanol–water partition coefficient (Wildman–Crippen LogP) is 2.22. The Morgan fingerprint density at radius 2 is 1.93 bits per heavy atom. The number of hydrogen-bond acceptors (Lipinski definition) is 5. The molecule has 0 atom stereocenters. The van der Waals surface area contributed by atoms with Crippen LogP contribution in [0, 0.1) is 12.8 Å². The third-order valence-corrected chi connectivity index (χ3v) is 5.43. The summed E-state index contributed by atoms with van der Waals surface area (Å²) >= 11 is 0. The quantitative estimate of drug-likeness (QED) is 0.658. The van der Waals surface area contributed by atoms with E-state index in [2.05, 4.69) is 33.1 Å². The lowest BCUT2D eigenvalue weighted by atomic mass is 9.96. The molecule has 0 bridgehead atoms. The van der Waals surface area contributed by atoms with Gasteiger partial charge in [0.15, 0.2) is 0 Å². The van der Waals surface area contributed by atoms with Crippen LogP contribution in [0.5, 0.6) is 0 Å². The zero-order chi connectivity index (χ0) is 19.3. The summed E-state index contributed by atoms with van der Waals surface area (Å²) in [5.74, 6) is 0.523. The van der Waals surface area contributed by atoms with Crippen LogP contribution in [0.15, 0.2) is 54.1 Å². The topological polar surface area (TPSA) is 68.8 Å². The Morgan fingerprint density at radius 1 is 1.14 bits per heavy atom. The Labute approximate surface area is 164 Å².